The molecule has 1 N–H and O–H groups in total. The van der Waals surface area contributed by atoms with Gasteiger partial charge < -0.3 is 9.73 Å². The summed E-state index contributed by atoms with van der Waals surface area (Å²) in [6.45, 7) is 1.34. The van der Waals surface area contributed by atoms with Gasteiger partial charge in [-0.25, -0.2) is 9.18 Å². The molecule has 4 amide bonds. The first-order valence-corrected chi connectivity index (χ1v) is 7.66. The molecule has 0 bridgehead atoms. The summed E-state index contributed by atoms with van der Waals surface area (Å²) >= 11 is 0. The number of nitrogens with zero attached hydrogens (tertiary/aromatic N) is 2. The van der Waals surface area contributed by atoms with E-state index >= 15 is 0 Å². The minimum atomic E-state index is -0.768. The van der Waals surface area contributed by atoms with Gasteiger partial charge in [0.25, 0.3) is 5.91 Å². The van der Waals surface area contributed by atoms with E-state index in [0.717, 1.165) is 4.90 Å². The van der Waals surface area contributed by atoms with Crippen molar-refractivity contribution in [2.24, 2.45) is 0 Å². The molecule has 2 heterocycles. The lowest BCUT2D eigenvalue weighted by atomic mass is 10.2. The smallest absolute Gasteiger partial charge is 0.332 e. The van der Waals surface area contributed by atoms with Gasteiger partial charge in [-0.2, -0.15) is 0 Å². The number of hydrogen-bond donors (Lipinski definition) is 1. The van der Waals surface area contributed by atoms with Gasteiger partial charge in [0.2, 0.25) is 5.91 Å². The van der Waals surface area contributed by atoms with Crippen LogP contribution in [0.3, 0.4) is 0 Å². The van der Waals surface area contributed by atoms with Gasteiger partial charge in [0.05, 0.1) is 12.8 Å². The highest BCUT2D eigenvalue weighted by Crippen LogP contribution is 2.25. The first-order chi connectivity index (χ1) is 12.0. The molecule has 3 rings (SSSR count). The molecule has 1 aliphatic rings. The molecule has 8 heteroatoms. The summed E-state index contributed by atoms with van der Waals surface area (Å²) in [5.41, 5.74) is 0.394. The monoisotopic (exact) mass is 345 g/mol. The van der Waals surface area contributed by atoms with Crippen LogP contribution in [-0.2, 0) is 16.1 Å². The maximum absolute atomic E-state index is 13.1. The van der Waals surface area contributed by atoms with Crippen molar-refractivity contribution in [3.8, 4) is 0 Å². The van der Waals surface area contributed by atoms with Crippen molar-refractivity contribution in [1.82, 2.24) is 10.2 Å². The molecule has 1 saturated heterocycles. The number of urea groups is 1. The normalized spacial score (nSPS) is 17.3. The van der Waals surface area contributed by atoms with Crippen molar-refractivity contribution in [2.75, 3.05) is 11.4 Å². The summed E-state index contributed by atoms with van der Waals surface area (Å²) < 4.78 is 18.1. The second kappa shape index (κ2) is 6.76. The van der Waals surface area contributed by atoms with Gasteiger partial charge in [0, 0.05) is 5.69 Å². The first kappa shape index (κ1) is 16.7. The zero-order valence-corrected chi connectivity index (χ0v) is 13.4. The number of rotatable bonds is 5. The molecule has 0 aliphatic carbocycles. The van der Waals surface area contributed by atoms with Crippen LogP contribution in [0.15, 0.2) is 47.1 Å². The maximum atomic E-state index is 13.1. The summed E-state index contributed by atoms with van der Waals surface area (Å²) in [6, 6.07) is 7.25. The third-order valence-electron chi connectivity index (χ3n) is 3.89. The van der Waals surface area contributed by atoms with Crippen molar-refractivity contribution >= 4 is 23.5 Å². The number of hydrogen-bond acceptors (Lipinski definition) is 4. The highest BCUT2D eigenvalue weighted by atomic mass is 19.1. The molecule has 1 aliphatic heterocycles. The minimum Gasteiger partial charge on any atom is -0.467 e. The Bertz CT molecular complexity index is 789. The standard InChI is InChI=1S/C17H16FN3O4/c1-11-16(23)20(10-15(22)19-9-14-3-2-8-25-14)17(24)21(11)13-6-4-12(18)5-7-13/h2-8,11H,9-10H2,1H3,(H,19,22)/t11-/m1/s1. The molecule has 7 nitrogen and oxygen atoms in total. The summed E-state index contributed by atoms with van der Waals surface area (Å²) in [6.07, 6.45) is 1.48. The van der Waals surface area contributed by atoms with Crippen molar-refractivity contribution < 1.29 is 23.2 Å². The molecule has 0 saturated carbocycles. The molecule has 130 valence electrons. The van der Waals surface area contributed by atoms with E-state index in [4.69, 9.17) is 4.42 Å². The summed E-state index contributed by atoms with van der Waals surface area (Å²) in [4.78, 5) is 39.0. The fraction of sp³-hybridized carbons (Fsp3) is 0.235. The average molecular weight is 345 g/mol. The van der Waals surface area contributed by atoms with Crippen molar-refractivity contribution in [2.45, 2.75) is 19.5 Å². The van der Waals surface area contributed by atoms with Gasteiger partial charge >= 0.3 is 6.03 Å². The fourth-order valence-electron chi connectivity index (χ4n) is 2.61. The van der Waals surface area contributed by atoms with Crippen LogP contribution in [0.4, 0.5) is 14.9 Å². The zero-order chi connectivity index (χ0) is 18.0. The van der Waals surface area contributed by atoms with Gasteiger partial charge in [0.1, 0.15) is 24.2 Å². The van der Waals surface area contributed by atoms with E-state index in [1.807, 2.05) is 0 Å². The Morgan fingerprint density at radius 2 is 1.96 bits per heavy atom. The predicted octanol–water partition coefficient (Wildman–Crippen LogP) is 1.89. The van der Waals surface area contributed by atoms with Crippen molar-refractivity contribution in [1.29, 1.82) is 0 Å². The van der Waals surface area contributed by atoms with E-state index < -0.39 is 29.7 Å². The third-order valence-corrected chi connectivity index (χ3v) is 3.89. The Morgan fingerprint density at radius 3 is 2.60 bits per heavy atom. The van der Waals surface area contributed by atoms with E-state index in [2.05, 4.69) is 5.32 Å². The predicted molar refractivity (Wildman–Crippen MR) is 86.0 cm³/mol. The summed E-state index contributed by atoms with van der Waals surface area (Å²) in [5.74, 6) is -0.842. The molecular weight excluding hydrogens is 329 g/mol. The first-order valence-electron chi connectivity index (χ1n) is 7.66. The maximum Gasteiger partial charge on any atom is 0.332 e. The number of anilines is 1. The van der Waals surface area contributed by atoms with Crippen LogP contribution in [0.25, 0.3) is 0 Å². The van der Waals surface area contributed by atoms with Crippen LogP contribution >= 0.6 is 0 Å². The Hall–Kier alpha value is -3.16. The Kier molecular flexibility index (Phi) is 4.51. The number of carbonyl (C=O) groups is 3. The highest BCUT2D eigenvalue weighted by molar-refractivity contribution is 6.15. The quantitative estimate of drug-likeness (QED) is 0.839. The molecule has 1 fully saturated rings. The van der Waals surface area contributed by atoms with E-state index in [1.54, 1.807) is 19.1 Å². The van der Waals surface area contributed by atoms with E-state index in [-0.39, 0.29) is 13.1 Å². The lowest BCUT2D eigenvalue weighted by Crippen LogP contribution is -2.41. The van der Waals surface area contributed by atoms with Gasteiger partial charge in [-0.05, 0) is 43.3 Å². The highest BCUT2D eigenvalue weighted by Gasteiger charge is 2.43. The topological polar surface area (TPSA) is 82.9 Å². The number of nitrogens with one attached hydrogen (secondary N) is 1. The second-order valence-corrected chi connectivity index (χ2v) is 5.59. The van der Waals surface area contributed by atoms with Crippen LogP contribution < -0.4 is 10.2 Å². The number of furan rings is 1. The van der Waals surface area contributed by atoms with Gasteiger partial charge in [0.15, 0.2) is 0 Å². The molecule has 1 atom stereocenters. The molecule has 0 radical (unpaired) electrons. The minimum absolute atomic E-state index is 0.166. The van der Waals surface area contributed by atoms with E-state index in [9.17, 15) is 18.8 Å². The number of carbonyl (C=O) groups excluding carboxylic acids is 3. The average Bonchev–Trinajstić information content (AvgIpc) is 3.18. The SMILES string of the molecule is C[C@@H]1C(=O)N(CC(=O)NCc2ccco2)C(=O)N1c1ccc(F)cc1. The molecule has 1 aromatic heterocycles. The number of benzene rings is 1. The molecule has 2 aromatic rings. The van der Waals surface area contributed by atoms with Crippen molar-refractivity contribution in [3.63, 3.8) is 0 Å². The zero-order valence-electron chi connectivity index (χ0n) is 13.4. The second-order valence-electron chi connectivity index (χ2n) is 5.59. The number of amides is 4. The summed E-state index contributed by atoms with van der Waals surface area (Å²) in [7, 11) is 0. The van der Waals surface area contributed by atoms with Crippen LogP contribution in [-0.4, -0.2) is 35.3 Å². The third kappa shape index (κ3) is 3.37. The summed E-state index contributed by atoms with van der Waals surface area (Å²) in [5, 5.41) is 2.58. The van der Waals surface area contributed by atoms with Crippen LogP contribution in [0.2, 0.25) is 0 Å². The van der Waals surface area contributed by atoms with Crippen LogP contribution in [0.5, 0.6) is 0 Å². The van der Waals surface area contributed by atoms with Crippen LogP contribution in [0, 0.1) is 5.82 Å². The van der Waals surface area contributed by atoms with E-state index in [1.165, 1.54) is 35.4 Å². The largest absolute Gasteiger partial charge is 0.467 e. The van der Waals surface area contributed by atoms with Crippen LogP contribution in [0.1, 0.15) is 12.7 Å². The lowest BCUT2D eigenvalue weighted by molar-refractivity contribution is -0.131. The van der Waals surface area contributed by atoms with Crippen molar-refractivity contribution in [3.05, 3.63) is 54.2 Å². The Morgan fingerprint density at radius 1 is 1.24 bits per heavy atom. The Labute approximate surface area is 143 Å². The number of halogens is 1. The molecule has 0 spiro atoms. The van der Waals surface area contributed by atoms with Gasteiger partial charge in [-0.15, -0.1) is 0 Å². The molecular formula is C17H16FN3O4. The fourth-order valence-corrected chi connectivity index (χ4v) is 2.61. The Balaban J connectivity index is 1.67. The molecule has 0 unspecified atom stereocenters. The lowest BCUT2D eigenvalue weighted by Gasteiger charge is -2.19. The van der Waals surface area contributed by atoms with Gasteiger partial charge in [-0.1, -0.05) is 0 Å². The van der Waals surface area contributed by atoms with E-state index in [0.29, 0.717) is 11.4 Å². The van der Waals surface area contributed by atoms with Gasteiger partial charge in [-0.3, -0.25) is 19.4 Å². The number of imide groups is 1. The molecule has 25 heavy (non-hydrogen) atoms. The molecule has 1 aromatic carbocycles.